The molecule has 11 heavy (non-hydrogen) atoms. The Morgan fingerprint density at radius 3 is 2.55 bits per heavy atom. The van der Waals surface area contributed by atoms with Crippen LogP contribution < -0.4 is 0 Å². The summed E-state index contributed by atoms with van der Waals surface area (Å²) in [7, 11) is 0. The van der Waals surface area contributed by atoms with E-state index in [9.17, 15) is 13.2 Å². The van der Waals surface area contributed by atoms with E-state index in [1.165, 1.54) is 0 Å². The van der Waals surface area contributed by atoms with Gasteiger partial charge in [-0.05, 0) is 6.08 Å². The predicted molar refractivity (Wildman–Crippen MR) is 33.6 cm³/mol. The van der Waals surface area contributed by atoms with Crippen LogP contribution in [-0.4, -0.2) is 23.7 Å². The molecule has 1 rings (SSSR count). The van der Waals surface area contributed by atoms with E-state index < -0.39 is 18.6 Å². The number of hydrogen-bond acceptors (Lipinski definition) is 1. The first-order chi connectivity index (χ1) is 5.00. The first-order valence-electron chi connectivity index (χ1n) is 2.98. The zero-order chi connectivity index (χ0) is 8.48. The summed E-state index contributed by atoms with van der Waals surface area (Å²) in [5, 5.41) is 8.59. The predicted octanol–water partition coefficient (Wildman–Crippen LogP) is 1.69. The number of nitrogens with zero attached hydrogens (tertiary/aromatic N) is 1. The highest BCUT2D eigenvalue weighted by Gasteiger charge is 2.38. The minimum absolute atomic E-state index is 0.342. The SMILES string of the molecule is OC1=NC[C@H](C(F)(F)F)C=C1. The molecule has 0 aromatic heterocycles. The molecule has 0 fully saturated rings. The lowest BCUT2D eigenvalue weighted by atomic mass is 10.1. The van der Waals surface area contributed by atoms with Gasteiger partial charge in [0.2, 0.25) is 5.90 Å². The molecular formula is C6H6F3NO. The number of rotatable bonds is 0. The molecule has 62 valence electrons. The van der Waals surface area contributed by atoms with Crippen molar-refractivity contribution in [2.75, 3.05) is 6.54 Å². The lowest BCUT2D eigenvalue weighted by Crippen LogP contribution is -2.26. The van der Waals surface area contributed by atoms with Gasteiger partial charge in [0.25, 0.3) is 0 Å². The Balaban J connectivity index is 2.63. The van der Waals surface area contributed by atoms with Crippen LogP contribution in [0.1, 0.15) is 0 Å². The maximum Gasteiger partial charge on any atom is 0.396 e. The second kappa shape index (κ2) is 2.56. The fraction of sp³-hybridized carbons (Fsp3) is 0.500. The lowest BCUT2D eigenvalue weighted by molar-refractivity contribution is -0.158. The fourth-order valence-electron chi connectivity index (χ4n) is 0.720. The Labute approximate surface area is 61.1 Å². The molecule has 0 unspecified atom stereocenters. The Kier molecular flexibility index (Phi) is 1.89. The van der Waals surface area contributed by atoms with Crippen molar-refractivity contribution in [1.29, 1.82) is 0 Å². The van der Waals surface area contributed by atoms with Crippen molar-refractivity contribution in [2.24, 2.45) is 10.9 Å². The lowest BCUT2D eigenvalue weighted by Gasteiger charge is -2.16. The molecule has 0 bridgehead atoms. The summed E-state index contributed by atoms with van der Waals surface area (Å²) in [5.41, 5.74) is 0. The summed E-state index contributed by atoms with van der Waals surface area (Å²) >= 11 is 0. The van der Waals surface area contributed by atoms with Crippen LogP contribution in [0, 0.1) is 5.92 Å². The average Bonchev–Trinajstić information content (AvgIpc) is 1.86. The molecule has 1 atom stereocenters. The van der Waals surface area contributed by atoms with Crippen molar-refractivity contribution >= 4 is 5.90 Å². The minimum atomic E-state index is -4.25. The number of aliphatic imine (C=N–C) groups is 1. The first kappa shape index (κ1) is 8.10. The number of halogens is 3. The summed E-state index contributed by atoms with van der Waals surface area (Å²) in [5.74, 6) is -1.89. The molecule has 0 aliphatic carbocycles. The zero-order valence-corrected chi connectivity index (χ0v) is 5.47. The molecule has 1 heterocycles. The Bertz CT molecular complexity index is 206. The molecular weight excluding hydrogens is 159 g/mol. The normalized spacial score (nSPS) is 25.0. The zero-order valence-electron chi connectivity index (χ0n) is 5.47. The molecule has 1 N–H and O–H groups in total. The van der Waals surface area contributed by atoms with Crippen molar-refractivity contribution in [3.05, 3.63) is 12.2 Å². The Morgan fingerprint density at radius 2 is 2.18 bits per heavy atom. The summed E-state index contributed by atoms with van der Waals surface area (Å²) in [4.78, 5) is 3.24. The standard InChI is InChI=1S/C6H6F3NO/c7-6(8,9)4-1-2-5(11)10-3-4/h1-2,4H,3H2,(H,10,11)/t4-/m1/s1. The van der Waals surface area contributed by atoms with Gasteiger partial charge in [0.05, 0.1) is 12.5 Å². The molecule has 0 aromatic rings. The molecule has 5 heteroatoms. The Hall–Kier alpha value is -1.00. The third kappa shape index (κ3) is 1.96. The first-order valence-corrected chi connectivity index (χ1v) is 2.98. The summed E-state index contributed by atoms with van der Waals surface area (Å²) in [6, 6.07) is 0. The van der Waals surface area contributed by atoms with Crippen LogP contribution in [-0.2, 0) is 0 Å². The minimum Gasteiger partial charge on any atom is -0.494 e. The van der Waals surface area contributed by atoms with E-state index in [4.69, 9.17) is 5.11 Å². The van der Waals surface area contributed by atoms with Gasteiger partial charge in [-0.15, -0.1) is 0 Å². The van der Waals surface area contributed by atoms with Crippen molar-refractivity contribution in [3.8, 4) is 0 Å². The molecule has 0 spiro atoms. The quantitative estimate of drug-likeness (QED) is 0.582. The summed E-state index contributed by atoms with van der Waals surface area (Å²) in [6.45, 7) is -0.411. The van der Waals surface area contributed by atoms with Crippen LogP contribution in [0.5, 0.6) is 0 Å². The number of aliphatic hydroxyl groups is 1. The molecule has 2 nitrogen and oxygen atoms in total. The van der Waals surface area contributed by atoms with E-state index in [1.54, 1.807) is 0 Å². The van der Waals surface area contributed by atoms with Crippen molar-refractivity contribution in [3.63, 3.8) is 0 Å². The van der Waals surface area contributed by atoms with Crippen LogP contribution in [0.25, 0.3) is 0 Å². The molecule has 1 aliphatic heterocycles. The number of dihydropyridines is 1. The van der Waals surface area contributed by atoms with Crippen molar-refractivity contribution in [2.45, 2.75) is 6.18 Å². The second-order valence-corrected chi connectivity index (χ2v) is 2.21. The molecule has 0 saturated heterocycles. The molecule has 0 aromatic carbocycles. The molecule has 0 amide bonds. The van der Waals surface area contributed by atoms with E-state index in [1.807, 2.05) is 0 Å². The maximum absolute atomic E-state index is 11.9. The molecule has 1 aliphatic rings. The average molecular weight is 165 g/mol. The largest absolute Gasteiger partial charge is 0.494 e. The smallest absolute Gasteiger partial charge is 0.396 e. The monoisotopic (exact) mass is 165 g/mol. The van der Waals surface area contributed by atoms with Crippen LogP contribution in [0.4, 0.5) is 13.2 Å². The highest BCUT2D eigenvalue weighted by molar-refractivity contribution is 5.86. The number of aliphatic hydroxyl groups excluding tert-OH is 1. The number of alkyl halides is 3. The van der Waals surface area contributed by atoms with E-state index >= 15 is 0 Å². The Morgan fingerprint density at radius 1 is 1.55 bits per heavy atom. The van der Waals surface area contributed by atoms with E-state index in [-0.39, 0.29) is 5.90 Å². The number of hydrogen-bond donors (Lipinski definition) is 1. The highest BCUT2D eigenvalue weighted by Crippen LogP contribution is 2.28. The van der Waals surface area contributed by atoms with Gasteiger partial charge >= 0.3 is 6.18 Å². The van der Waals surface area contributed by atoms with Gasteiger partial charge in [0.1, 0.15) is 0 Å². The van der Waals surface area contributed by atoms with E-state index in [2.05, 4.69) is 4.99 Å². The molecule has 0 saturated carbocycles. The van der Waals surface area contributed by atoms with Crippen LogP contribution in [0.2, 0.25) is 0 Å². The summed E-state index contributed by atoms with van der Waals surface area (Å²) in [6.07, 6.45) is -2.38. The maximum atomic E-state index is 11.9. The van der Waals surface area contributed by atoms with Gasteiger partial charge in [-0.1, -0.05) is 6.08 Å². The van der Waals surface area contributed by atoms with Crippen molar-refractivity contribution in [1.82, 2.24) is 0 Å². The van der Waals surface area contributed by atoms with Gasteiger partial charge in [0.15, 0.2) is 0 Å². The van der Waals surface area contributed by atoms with Gasteiger partial charge in [-0.2, -0.15) is 13.2 Å². The second-order valence-electron chi connectivity index (χ2n) is 2.21. The third-order valence-electron chi connectivity index (χ3n) is 1.35. The topological polar surface area (TPSA) is 32.6 Å². The van der Waals surface area contributed by atoms with Gasteiger partial charge in [0, 0.05) is 0 Å². The fourth-order valence-corrected chi connectivity index (χ4v) is 0.720. The van der Waals surface area contributed by atoms with Crippen LogP contribution in [0.3, 0.4) is 0 Å². The van der Waals surface area contributed by atoms with Gasteiger partial charge < -0.3 is 5.11 Å². The van der Waals surface area contributed by atoms with Gasteiger partial charge in [-0.25, -0.2) is 0 Å². The third-order valence-corrected chi connectivity index (χ3v) is 1.35. The van der Waals surface area contributed by atoms with Crippen molar-refractivity contribution < 1.29 is 18.3 Å². The highest BCUT2D eigenvalue weighted by atomic mass is 19.4. The molecule has 0 radical (unpaired) electrons. The van der Waals surface area contributed by atoms with Crippen LogP contribution in [0.15, 0.2) is 17.1 Å². The van der Waals surface area contributed by atoms with E-state index in [0.29, 0.717) is 0 Å². The van der Waals surface area contributed by atoms with Gasteiger partial charge in [-0.3, -0.25) is 4.99 Å². The van der Waals surface area contributed by atoms with Crippen LogP contribution >= 0.6 is 0 Å². The summed E-state index contributed by atoms with van der Waals surface area (Å²) < 4.78 is 35.6. The van der Waals surface area contributed by atoms with E-state index in [0.717, 1.165) is 12.2 Å².